The summed E-state index contributed by atoms with van der Waals surface area (Å²) in [6, 6.07) is 9.68. The number of hydrogen-bond donors (Lipinski definition) is 4. The Morgan fingerprint density at radius 1 is 1.04 bits per heavy atom. The topological polar surface area (TPSA) is 183 Å². The second kappa shape index (κ2) is 12.2. The van der Waals surface area contributed by atoms with Crippen LogP contribution in [-0.2, 0) is 15.8 Å². The third kappa shape index (κ3) is 5.97. The van der Waals surface area contributed by atoms with Gasteiger partial charge in [-0.05, 0) is 74.9 Å². The molecule has 0 fully saturated rings. The van der Waals surface area contributed by atoms with Gasteiger partial charge in [-0.25, -0.2) is 14.4 Å². The molecule has 6 rings (SSSR count). The molecule has 0 bridgehead atoms. The predicted octanol–water partition coefficient (Wildman–Crippen LogP) is 4.61. The first-order valence-electron chi connectivity index (χ1n) is 15.0. The monoisotopic (exact) mass is 692 g/mol. The minimum atomic E-state index is -5.43. The van der Waals surface area contributed by atoms with Crippen LogP contribution in [0, 0.1) is 19.7 Å². The fraction of sp³-hybridized carbons (Fsp3) is 0.235. The zero-order valence-corrected chi connectivity index (χ0v) is 26.6. The Kier molecular flexibility index (Phi) is 8.30. The molecule has 0 saturated carbocycles. The van der Waals surface area contributed by atoms with E-state index in [4.69, 9.17) is 14.9 Å². The molecule has 12 nitrogen and oxygen atoms in total. The Bertz CT molecular complexity index is 2190. The number of carbonyl (C=O) groups is 3. The van der Waals surface area contributed by atoms with E-state index in [0.717, 1.165) is 18.2 Å². The number of benzene rings is 2. The first-order valence-corrected chi connectivity index (χ1v) is 15.0. The van der Waals surface area contributed by atoms with Gasteiger partial charge in [0.15, 0.2) is 0 Å². The molecule has 2 atom stereocenters. The average molecular weight is 693 g/mol. The molecule has 0 aliphatic carbocycles. The van der Waals surface area contributed by atoms with Crippen LogP contribution in [0.5, 0.6) is 5.75 Å². The number of oxazole rings is 1. The number of aromatic nitrogens is 3. The van der Waals surface area contributed by atoms with Crippen LogP contribution in [0.1, 0.15) is 50.5 Å². The van der Waals surface area contributed by atoms with Crippen molar-refractivity contribution in [3.63, 3.8) is 0 Å². The Labute approximate surface area is 280 Å². The number of anilines is 1. The molecule has 50 heavy (non-hydrogen) atoms. The van der Waals surface area contributed by atoms with Crippen molar-refractivity contribution in [2.24, 2.45) is 5.73 Å². The first kappa shape index (κ1) is 34.0. The number of hydrogen-bond acceptors (Lipinski definition) is 9. The minimum Gasteiger partial charge on any atom is -0.489 e. The van der Waals surface area contributed by atoms with Crippen LogP contribution in [0.3, 0.4) is 0 Å². The summed E-state index contributed by atoms with van der Waals surface area (Å²) in [5.74, 6) is -3.70. The van der Waals surface area contributed by atoms with Crippen molar-refractivity contribution in [1.82, 2.24) is 20.3 Å². The molecule has 4 heterocycles. The molecule has 0 unspecified atom stereocenters. The summed E-state index contributed by atoms with van der Waals surface area (Å²) < 4.78 is 69.2. The molecule has 2 aromatic carbocycles. The molecule has 258 valence electrons. The summed E-state index contributed by atoms with van der Waals surface area (Å²) in [5.41, 5.74) is 0.294. The molecule has 1 aliphatic rings. The number of ether oxygens (including phenoxy) is 1. The molecule has 0 spiro atoms. The molecule has 5 aromatic rings. The van der Waals surface area contributed by atoms with E-state index in [1.165, 1.54) is 43.6 Å². The Morgan fingerprint density at radius 3 is 2.40 bits per heavy atom. The van der Waals surface area contributed by atoms with Crippen molar-refractivity contribution >= 4 is 34.3 Å². The highest BCUT2D eigenvalue weighted by molar-refractivity contribution is 6.09. The third-order valence-corrected chi connectivity index (χ3v) is 8.38. The van der Waals surface area contributed by atoms with E-state index in [9.17, 15) is 37.1 Å². The van der Waals surface area contributed by atoms with Crippen molar-refractivity contribution in [2.45, 2.75) is 38.0 Å². The van der Waals surface area contributed by atoms with E-state index in [0.29, 0.717) is 16.6 Å². The molecular formula is C34H28F4N6O6. The van der Waals surface area contributed by atoms with Gasteiger partial charge in [-0.2, -0.15) is 13.2 Å². The number of alkyl halides is 3. The van der Waals surface area contributed by atoms with E-state index in [2.05, 4.69) is 25.6 Å². The quantitative estimate of drug-likeness (QED) is 0.169. The van der Waals surface area contributed by atoms with Gasteiger partial charge in [-0.3, -0.25) is 19.4 Å². The lowest BCUT2D eigenvalue weighted by molar-refractivity contribution is -0.265. The zero-order chi connectivity index (χ0) is 36.2. The van der Waals surface area contributed by atoms with E-state index < -0.39 is 53.0 Å². The number of halogens is 4. The smallest absolute Gasteiger partial charge is 0.424 e. The standard InChI is InChI=1S/C34H28F4N6O6/c1-16-8-19-9-20(10-23(25(19)40-12-16)43-29(46)30-42-17(2)13-49-30)28(45)41-14-33(48,34(36,37)38)24-11-22-27(50-15-32(22,3)31(39)47)26(44-24)18-4-6-21(35)7-5-18/h4-13,48H,14-15H2,1-3H3,(H2,39,47)(H,41,45)(H,43,46)/t32-,33-/m0/s1. The molecule has 1 aliphatic heterocycles. The summed E-state index contributed by atoms with van der Waals surface area (Å²) in [5, 5.41) is 16.4. The van der Waals surface area contributed by atoms with Gasteiger partial charge < -0.3 is 30.6 Å². The molecule has 0 radical (unpaired) electrons. The van der Waals surface area contributed by atoms with E-state index in [-0.39, 0.29) is 51.8 Å². The van der Waals surface area contributed by atoms with Gasteiger partial charge in [-0.15, -0.1) is 0 Å². The highest BCUT2D eigenvalue weighted by Gasteiger charge is 2.57. The number of primary amides is 1. The summed E-state index contributed by atoms with van der Waals surface area (Å²) in [6.07, 6.45) is -2.64. The van der Waals surface area contributed by atoms with Gasteiger partial charge in [0, 0.05) is 28.3 Å². The summed E-state index contributed by atoms with van der Waals surface area (Å²) in [4.78, 5) is 51.2. The van der Waals surface area contributed by atoms with Gasteiger partial charge >= 0.3 is 12.1 Å². The van der Waals surface area contributed by atoms with Crippen LogP contribution in [0.15, 0.2) is 65.4 Å². The summed E-state index contributed by atoms with van der Waals surface area (Å²) >= 11 is 0. The molecule has 16 heteroatoms. The number of amides is 3. The van der Waals surface area contributed by atoms with E-state index in [1.54, 1.807) is 19.9 Å². The summed E-state index contributed by atoms with van der Waals surface area (Å²) in [6.45, 7) is 2.94. The van der Waals surface area contributed by atoms with E-state index in [1.807, 2.05) is 0 Å². The van der Waals surface area contributed by atoms with Crippen LogP contribution in [0.4, 0.5) is 23.2 Å². The Morgan fingerprint density at radius 2 is 1.76 bits per heavy atom. The van der Waals surface area contributed by atoms with Crippen LogP contribution >= 0.6 is 0 Å². The predicted molar refractivity (Wildman–Crippen MR) is 170 cm³/mol. The molecule has 3 amide bonds. The molecular weight excluding hydrogens is 664 g/mol. The normalized spacial score (nSPS) is 16.7. The lowest BCUT2D eigenvalue weighted by Gasteiger charge is -2.31. The number of aliphatic hydroxyl groups is 1. The fourth-order valence-corrected chi connectivity index (χ4v) is 5.47. The van der Waals surface area contributed by atoms with Crippen LogP contribution < -0.4 is 21.1 Å². The van der Waals surface area contributed by atoms with Gasteiger partial charge in [0.1, 0.15) is 35.5 Å². The minimum absolute atomic E-state index is 0.0366. The van der Waals surface area contributed by atoms with Gasteiger partial charge in [-0.1, -0.05) is 0 Å². The highest BCUT2D eigenvalue weighted by Crippen LogP contribution is 2.47. The SMILES string of the molecule is Cc1cnc2c(NC(=O)c3nc(C)co3)cc(C(=O)NC[C@](O)(c3cc4c(c(-c5ccc(F)cc5)n3)OC[C@]4(C)C(N)=O)C(F)(F)F)cc2c1. The number of nitrogens with two attached hydrogens (primary N) is 1. The third-order valence-electron chi connectivity index (χ3n) is 8.38. The Balaban J connectivity index is 1.39. The largest absolute Gasteiger partial charge is 0.489 e. The molecule has 5 N–H and O–H groups in total. The van der Waals surface area contributed by atoms with Crippen molar-refractivity contribution in [3.8, 4) is 17.0 Å². The average Bonchev–Trinajstić information content (AvgIpc) is 3.66. The van der Waals surface area contributed by atoms with Crippen molar-refractivity contribution in [2.75, 3.05) is 18.5 Å². The lowest BCUT2D eigenvalue weighted by Crippen LogP contribution is -2.51. The second-order valence-corrected chi connectivity index (χ2v) is 12.1. The number of nitrogens with one attached hydrogen (secondary N) is 2. The molecule has 0 saturated heterocycles. The van der Waals surface area contributed by atoms with Gasteiger partial charge in [0.2, 0.25) is 11.5 Å². The van der Waals surface area contributed by atoms with Crippen LogP contribution in [0.25, 0.3) is 22.2 Å². The number of aryl methyl sites for hydroxylation is 2. The number of fused-ring (bicyclic) bond motifs is 2. The van der Waals surface area contributed by atoms with Gasteiger partial charge in [0.05, 0.1) is 29.1 Å². The van der Waals surface area contributed by atoms with Crippen molar-refractivity contribution < 1.29 is 46.2 Å². The van der Waals surface area contributed by atoms with Crippen LogP contribution in [0.2, 0.25) is 0 Å². The Hall–Kier alpha value is -5.90. The van der Waals surface area contributed by atoms with Crippen molar-refractivity contribution in [1.29, 1.82) is 0 Å². The maximum Gasteiger partial charge on any atom is 0.424 e. The maximum absolute atomic E-state index is 14.9. The lowest BCUT2D eigenvalue weighted by atomic mass is 9.81. The maximum atomic E-state index is 14.9. The number of carbonyl (C=O) groups excluding carboxylic acids is 3. The molecule has 3 aromatic heterocycles. The fourth-order valence-electron chi connectivity index (χ4n) is 5.47. The number of rotatable bonds is 8. The first-order chi connectivity index (χ1) is 23.5. The van der Waals surface area contributed by atoms with E-state index >= 15 is 0 Å². The number of pyridine rings is 2. The number of nitrogens with zero attached hydrogens (tertiary/aromatic N) is 3. The summed E-state index contributed by atoms with van der Waals surface area (Å²) in [7, 11) is 0. The highest BCUT2D eigenvalue weighted by atomic mass is 19.4. The van der Waals surface area contributed by atoms with Crippen molar-refractivity contribution in [3.05, 3.63) is 101 Å². The van der Waals surface area contributed by atoms with Crippen LogP contribution in [-0.4, -0.2) is 57.1 Å². The second-order valence-electron chi connectivity index (χ2n) is 12.1. The van der Waals surface area contributed by atoms with Gasteiger partial charge in [0.25, 0.3) is 11.8 Å². The zero-order valence-electron chi connectivity index (χ0n) is 26.6.